The van der Waals surface area contributed by atoms with Crippen LogP contribution in [0.1, 0.15) is 44.7 Å². The Hall–Kier alpha value is -1.43. The van der Waals surface area contributed by atoms with Crippen molar-refractivity contribution in [3.63, 3.8) is 0 Å². The summed E-state index contributed by atoms with van der Waals surface area (Å²) in [4.78, 5) is 31.3. The number of aromatic nitrogens is 1. The molecule has 0 fully saturated rings. The summed E-state index contributed by atoms with van der Waals surface area (Å²) in [5.74, 6) is 0.0993. The van der Waals surface area contributed by atoms with Crippen molar-refractivity contribution in [3.8, 4) is 0 Å². The lowest BCUT2D eigenvalue weighted by Crippen LogP contribution is -2.42. The molecule has 0 saturated heterocycles. The normalized spacial score (nSPS) is 11.0. The van der Waals surface area contributed by atoms with E-state index in [2.05, 4.69) is 10.3 Å². The molecular weight excluding hydrogens is 286 g/mol. The maximum Gasteiger partial charge on any atom is 0.245 e. The fourth-order valence-corrected chi connectivity index (χ4v) is 2.70. The Morgan fingerprint density at radius 2 is 1.86 bits per heavy atom. The number of nitrogens with one attached hydrogen (secondary N) is 1. The highest BCUT2D eigenvalue weighted by Crippen LogP contribution is 2.21. The lowest BCUT2D eigenvalue weighted by Gasteiger charge is -2.26. The third kappa shape index (κ3) is 5.46. The van der Waals surface area contributed by atoms with Crippen molar-refractivity contribution in [1.82, 2.24) is 9.88 Å². The van der Waals surface area contributed by atoms with Gasteiger partial charge in [-0.3, -0.25) is 9.59 Å². The molecule has 0 atom stereocenters. The molecule has 0 aliphatic rings. The molecule has 0 saturated carbocycles. The number of nitrogens with zero attached hydrogens (tertiary/aromatic N) is 2. The van der Waals surface area contributed by atoms with Crippen LogP contribution in [0.4, 0.5) is 5.13 Å². The SMILES string of the molecule is Cc1nc(NC(=O)CN(C(=O)CC(C)C)C(C)C)sc1C. The molecule has 1 aromatic rings. The van der Waals surface area contributed by atoms with Crippen LogP contribution in [0.2, 0.25) is 0 Å². The summed E-state index contributed by atoms with van der Waals surface area (Å²) in [7, 11) is 0. The molecule has 1 rings (SSSR count). The quantitative estimate of drug-likeness (QED) is 0.878. The predicted octanol–water partition coefficient (Wildman–Crippen LogP) is 2.98. The van der Waals surface area contributed by atoms with E-state index >= 15 is 0 Å². The van der Waals surface area contributed by atoms with Crippen molar-refractivity contribution in [3.05, 3.63) is 10.6 Å². The third-order valence-corrected chi connectivity index (χ3v) is 4.10. The first-order valence-electron chi connectivity index (χ1n) is 7.24. The number of amides is 2. The summed E-state index contributed by atoms with van der Waals surface area (Å²) in [5.41, 5.74) is 0.923. The van der Waals surface area contributed by atoms with Gasteiger partial charge < -0.3 is 10.2 Å². The molecule has 2 amide bonds. The van der Waals surface area contributed by atoms with Crippen LogP contribution in [0.5, 0.6) is 0 Å². The maximum atomic E-state index is 12.2. The first kappa shape index (κ1) is 17.6. The van der Waals surface area contributed by atoms with E-state index in [4.69, 9.17) is 0 Å². The van der Waals surface area contributed by atoms with Crippen LogP contribution in [0, 0.1) is 19.8 Å². The Morgan fingerprint density at radius 1 is 1.24 bits per heavy atom. The number of anilines is 1. The van der Waals surface area contributed by atoms with Crippen LogP contribution in [0.15, 0.2) is 0 Å². The summed E-state index contributed by atoms with van der Waals surface area (Å²) in [6.07, 6.45) is 0.459. The Morgan fingerprint density at radius 3 is 2.29 bits per heavy atom. The molecule has 1 heterocycles. The van der Waals surface area contributed by atoms with Crippen molar-refractivity contribution < 1.29 is 9.59 Å². The molecule has 0 aliphatic heterocycles. The molecule has 1 aromatic heterocycles. The van der Waals surface area contributed by atoms with Gasteiger partial charge in [0.1, 0.15) is 6.54 Å². The van der Waals surface area contributed by atoms with Crippen LogP contribution >= 0.6 is 11.3 Å². The van der Waals surface area contributed by atoms with E-state index in [1.54, 1.807) is 4.90 Å². The molecule has 0 aromatic carbocycles. The van der Waals surface area contributed by atoms with Gasteiger partial charge in [-0.05, 0) is 33.6 Å². The van der Waals surface area contributed by atoms with E-state index in [-0.39, 0.29) is 30.3 Å². The Labute approximate surface area is 130 Å². The molecular formula is C15H25N3O2S. The monoisotopic (exact) mass is 311 g/mol. The van der Waals surface area contributed by atoms with Crippen LogP contribution < -0.4 is 5.32 Å². The number of carbonyl (C=O) groups is 2. The molecule has 0 bridgehead atoms. The van der Waals surface area contributed by atoms with Crippen LogP contribution in [0.25, 0.3) is 0 Å². The molecule has 0 unspecified atom stereocenters. The second-order valence-corrected chi connectivity index (χ2v) is 7.13. The lowest BCUT2D eigenvalue weighted by molar-refractivity contribution is -0.137. The molecule has 6 heteroatoms. The van der Waals surface area contributed by atoms with Gasteiger partial charge in [0, 0.05) is 17.3 Å². The Balaban J connectivity index is 2.66. The molecule has 21 heavy (non-hydrogen) atoms. The van der Waals surface area contributed by atoms with Crippen LogP contribution in [0.3, 0.4) is 0 Å². The van der Waals surface area contributed by atoms with Crippen molar-refractivity contribution in [1.29, 1.82) is 0 Å². The minimum Gasteiger partial charge on any atom is -0.331 e. The molecule has 0 aliphatic carbocycles. The zero-order valence-corrected chi connectivity index (χ0v) is 14.5. The average Bonchev–Trinajstić information content (AvgIpc) is 2.63. The van der Waals surface area contributed by atoms with Gasteiger partial charge in [0.25, 0.3) is 0 Å². The molecule has 118 valence electrons. The van der Waals surface area contributed by atoms with E-state index in [1.165, 1.54) is 11.3 Å². The second kappa shape index (κ2) is 7.54. The number of carbonyl (C=O) groups excluding carboxylic acids is 2. The van der Waals surface area contributed by atoms with Gasteiger partial charge in [0.05, 0.1) is 5.69 Å². The Kier molecular flexibility index (Phi) is 6.33. The van der Waals surface area contributed by atoms with E-state index in [9.17, 15) is 9.59 Å². The summed E-state index contributed by atoms with van der Waals surface area (Å²) < 4.78 is 0. The number of thiazole rings is 1. The highest BCUT2D eigenvalue weighted by atomic mass is 32.1. The summed E-state index contributed by atoms with van der Waals surface area (Å²) in [6, 6.07) is 0.00164. The first-order valence-corrected chi connectivity index (χ1v) is 8.05. The molecule has 5 nitrogen and oxygen atoms in total. The number of hydrogen-bond donors (Lipinski definition) is 1. The van der Waals surface area contributed by atoms with Gasteiger partial charge >= 0.3 is 0 Å². The maximum absolute atomic E-state index is 12.2. The average molecular weight is 311 g/mol. The standard InChI is InChI=1S/C15H25N3O2S/c1-9(2)7-14(20)18(10(3)4)8-13(19)17-15-16-11(5)12(6)21-15/h9-10H,7-8H2,1-6H3,(H,16,17,19). The van der Waals surface area contributed by atoms with Gasteiger partial charge in [0.2, 0.25) is 11.8 Å². The second-order valence-electron chi connectivity index (χ2n) is 5.92. The minimum absolute atomic E-state index is 0.00164. The fourth-order valence-electron chi connectivity index (χ4n) is 1.86. The summed E-state index contributed by atoms with van der Waals surface area (Å²) in [5, 5.41) is 3.36. The summed E-state index contributed by atoms with van der Waals surface area (Å²) in [6.45, 7) is 11.8. The number of hydrogen-bond acceptors (Lipinski definition) is 4. The highest BCUT2D eigenvalue weighted by molar-refractivity contribution is 7.15. The largest absolute Gasteiger partial charge is 0.331 e. The topological polar surface area (TPSA) is 62.3 Å². The van der Waals surface area contributed by atoms with Crippen molar-refractivity contribution >= 4 is 28.3 Å². The smallest absolute Gasteiger partial charge is 0.245 e. The van der Waals surface area contributed by atoms with Gasteiger partial charge in [-0.1, -0.05) is 13.8 Å². The predicted molar refractivity (Wildman–Crippen MR) is 86.5 cm³/mol. The first-order chi connectivity index (χ1) is 9.70. The molecule has 1 N–H and O–H groups in total. The minimum atomic E-state index is -0.199. The zero-order chi connectivity index (χ0) is 16.2. The number of rotatable bonds is 6. The van der Waals surface area contributed by atoms with E-state index < -0.39 is 0 Å². The Bertz CT molecular complexity index is 490. The van der Waals surface area contributed by atoms with E-state index in [0.29, 0.717) is 11.6 Å². The summed E-state index contributed by atoms with van der Waals surface area (Å²) >= 11 is 1.45. The molecule has 0 spiro atoms. The van der Waals surface area contributed by atoms with Crippen LogP contribution in [-0.4, -0.2) is 34.3 Å². The van der Waals surface area contributed by atoms with Crippen molar-refractivity contribution in [2.24, 2.45) is 5.92 Å². The van der Waals surface area contributed by atoms with E-state index in [1.807, 2.05) is 41.5 Å². The zero-order valence-electron chi connectivity index (χ0n) is 13.7. The lowest BCUT2D eigenvalue weighted by atomic mass is 10.1. The highest BCUT2D eigenvalue weighted by Gasteiger charge is 2.21. The molecule has 0 radical (unpaired) electrons. The van der Waals surface area contributed by atoms with Gasteiger partial charge in [0.15, 0.2) is 5.13 Å². The third-order valence-electron chi connectivity index (χ3n) is 3.12. The number of aryl methyl sites for hydroxylation is 2. The van der Waals surface area contributed by atoms with Gasteiger partial charge in [-0.15, -0.1) is 11.3 Å². The van der Waals surface area contributed by atoms with E-state index in [0.717, 1.165) is 10.6 Å². The van der Waals surface area contributed by atoms with Gasteiger partial charge in [-0.25, -0.2) is 4.98 Å². The van der Waals surface area contributed by atoms with Crippen molar-refractivity contribution in [2.45, 2.75) is 54.0 Å². The fraction of sp³-hybridized carbons (Fsp3) is 0.667. The van der Waals surface area contributed by atoms with Crippen molar-refractivity contribution in [2.75, 3.05) is 11.9 Å². The van der Waals surface area contributed by atoms with Crippen LogP contribution in [-0.2, 0) is 9.59 Å². The van der Waals surface area contributed by atoms with Gasteiger partial charge in [-0.2, -0.15) is 0 Å².